The number of carboxylic acids is 1. The summed E-state index contributed by atoms with van der Waals surface area (Å²) in [5.41, 5.74) is -0.695. The van der Waals surface area contributed by atoms with Crippen molar-refractivity contribution in [2.45, 2.75) is 51.0 Å². The fourth-order valence-corrected chi connectivity index (χ4v) is 2.59. The second kappa shape index (κ2) is 5.69. The van der Waals surface area contributed by atoms with Crippen LogP contribution in [0.2, 0.25) is 0 Å². The molecule has 1 heterocycles. The molecule has 1 amide bonds. The van der Waals surface area contributed by atoms with Crippen LogP contribution in [0.5, 0.6) is 0 Å². The summed E-state index contributed by atoms with van der Waals surface area (Å²) >= 11 is 0. The molecule has 5 heteroatoms. The van der Waals surface area contributed by atoms with Crippen molar-refractivity contribution < 1.29 is 19.4 Å². The number of ether oxygens (including phenoxy) is 1. The smallest absolute Gasteiger partial charge is 0.311 e. The van der Waals surface area contributed by atoms with Crippen LogP contribution < -0.4 is 5.32 Å². The lowest BCUT2D eigenvalue weighted by atomic mass is 9.69. The van der Waals surface area contributed by atoms with Crippen LogP contribution in [-0.4, -0.2) is 36.2 Å². The highest BCUT2D eigenvalue weighted by molar-refractivity contribution is 5.79. The maximum Gasteiger partial charge on any atom is 0.311 e. The van der Waals surface area contributed by atoms with E-state index in [1.807, 2.05) is 0 Å². The normalized spacial score (nSPS) is 25.4. The van der Waals surface area contributed by atoms with Crippen LogP contribution in [0, 0.1) is 5.41 Å². The van der Waals surface area contributed by atoms with Gasteiger partial charge in [0.15, 0.2) is 0 Å². The van der Waals surface area contributed by atoms with E-state index in [0.29, 0.717) is 19.3 Å². The molecule has 2 rings (SSSR count). The second-order valence-corrected chi connectivity index (χ2v) is 5.39. The standard InChI is InChI=1S/C13H21NO4/c15-11(5-4-10-3-1-8-18-10)14-9-13(12(16)17)6-2-7-13/h10H,1-9H2,(H,14,15)(H,16,17). The average Bonchev–Trinajstić information content (AvgIpc) is 2.77. The molecule has 1 aliphatic heterocycles. The predicted molar refractivity (Wildman–Crippen MR) is 65.1 cm³/mol. The van der Waals surface area contributed by atoms with Gasteiger partial charge in [-0.15, -0.1) is 0 Å². The Morgan fingerprint density at radius 3 is 2.61 bits per heavy atom. The Morgan fingerprint density at radius 2 is 2.11 bits per heavy atom. The number of nitrogens with one attached hydrogen (secondary N) is 1. The Morgan fingerprint density at radius 1 is 1.33 bits per heavy atom. The van der Waals surface area contributed by atoms with Crippen LogP contribution in [-0.2, 0) is 14.3 Å². The highest BCUT2D eigenvalue weighted by Crippen LogP contribution is 2.40. The number of carbonyl (C=O) groups excluding carboxylic acids is 1. The molecule has 0 aromatic heterocycles. The van der Waals surface area contributed by atoms with E-state index in [9.17, 15) is 9.59 Å². The van der Waals surface area contributed by atoms with Crippen LogP contribution in [0.4, 0.5) is 0 Å². The molecular weight excluding hydrogens is 234 g/mol. The molecule has 0 bridgehead atoms. The first kappa shape index (κ1) is 13.3. The van der Waals surface area contributed by atoms with Gasteiger partial charge in [0.05, 0.1) is 11.5 Å². The van der Waals surface area contributed by atoms with Gasteiger partial charge < -0.3 is 15.2 Å². The minimum Gasteiger partial charge on any atom is -0.481 e. The number of hydrogen-bond donors (Lipinski definition) is 2. The molecule has 0 aromatic carbocycles. The second-order valence-electron chi connectivity index (χ2n) is 5.39. The fourth-order valence-electron chi connectivity index (χ4n) is 2.59. The summed E-state index contributed by atoms with van der Waals surface area (Å²) in [7, 11) is 0. The fraction of sp³-hybridized carbons (Fsp3) is 0.846. The molecule has 2 fully saturated rings. The van der Waals surface area contributed by atoms with Crippen LogP contribution in [0.15, 0.2) is 0 Å². The molecule has 1 aliphatic carbocycles. The molecule has 1 unspecified atom stereocenters. The first-order valence-corrected chi connectivity index (χ1v) is 6.74. The largest absolute Gasteiger partial charge is 0.481 e. The lowest BCUT2D eigenvalue weighted by Crippen LogP contribution is -2.47. The number of rotatable bonds is 6. The molecule has 2 N–H and O–H groups in total. The number of carboxylic acid groups (broad SMARTS) is 1. The molecular formula is C13H21NO4. The molecule has 5 nitrogen and oxygen atoms in total. The molecule has 1 atom stereocenters. The van der Waals surface area contributed by atoms with E-state index < -0.39 is 11.4 Å². The van der Waals surface area contributed by atoms with Gasteiger partial charge in [0.1, 0.15) is 0 Å². The van der Waals surface area contributed by atoms with Gasteiger partial charge in [-0.05, 0) is 32.1 Å². The maximum absolute atomic E-state index is 11.6. The summed E-state index contributed by atoms with van der Waals surface area (Å²) in [6.45, 7) is 1.07. The molecule has 2 aliphatic rings. The summed E-state index contributed by atoms with van der Waals surface area (Å²) in [6, 6.07) is 0. The Balaban J connectivity index is 1.66. The third kappa shape index (κ3) is 3.02. The summed E-state index contributed by atoms with van der Waals surface area (Å²) in [5, 5.41) is 11.9. The molecule has 0 spiro atoms. The molecule has 1 saturated heterocycles. The van der Waals surface area contributed by atoms with E-state index in [2.05, 4.69) is 5.32 Å². The van der Waals surface area contributed by atoms with Crippen LogP contribution in [0.3, 0.4) is 0 Å². The monoisotopic (exact) mass is 255 g/mol. The lowest BCUT2D eigenvalue weighted by molar-refractivity contribution is -0.154. The minimum absolute atomic E-state index is 0.0574. The minimum atomic E-state index is -0.784. The SMILES string of the molecule is O=C(CCC1CCCO1)NCC1(C(=O)O)CCC1. The van der Waals surface area contributed by atoms with Crippen molar-refractivity contribution in [3.05, 3.63) is 0 Å². The van der Waals surface area contributed by atoms with Crippen molar-refractivity contribution in [2.24, 2.45) is 5.41 Å². The van der Waals surface area contributed by atoms with Crippen molar-refractivity contribution in [1.82, 2.24) is 5.32 Å². The van der Waals surface area contributed by atoms with E-state index in [1.165, 1.54) is 0 Å². The average molecular weight is 255 g/mol. The van der Waals surface area contributed by atoms with E-state index in [4.69, 9.17) is 9.84 Å². The van der Waals surface area contributed by atoms with Gasteiger partial charge in [-0.3, -0.25) is 9.59 Å². The van der Waals surface area contributed by atoms with Crippen molar-refractivity contribution >= 4 is 11.9 Å². The van der Waals surface area contributed by atoms with Crippen LogP contribution in [0.1, 0.15) is 44.9 Å². The zero-order chi connectivity index (χ0) is 13.0. The van der Waals surface area contributed by atoms with Crippen molar-refractivity contribution in [3.8, 4) is 0 Å². The van der Waals surface area contributed by atoms with Crippen molar-refractivity contribution in [3.63, 3.8) is 0 Å². The summed E-state index contributed by atoms with van der Waals surface area (Å²) < 4.78 is 5.45. The van der Waals surface area contributed by atoms with Gasteiger partial charge >= 0.3 is 5.97 Å². The summed E-state index contributed by atoms with van der Waals surface area (Å²) in [4.78, 5) is 22.8. The molecule has 0 radical (unpaired) electrons. The molecule has 102 valence electrons. The van der Waals surface area contributed by atoms with E-state index in [1.54, 1.807) is 0 Å². The van der Waals surface area contributed by atoms with E-state index >= 15 is 0 Å². The van der Waals surface area contributed by atoms with Crippen LogP contribution >= 0.6 is 0 Å². The molecule has 1 saturated carbocycles. The number of carbonyl (C=O) groups is 2. The third-order valence-corrected chi connectivity index (χ3v) is 4.11. The molecule has 0 aromatic rings. The number of amides is 1. The highest BCUT2D eigenvalue weighted by atomic mass is 16.5. The van der Waals surface area contributed by atoms with E-state index in [0.717, 1.165) is 32.3 Å². The Bertz CT molecular complexity index is 319. The first-order chi connectivity index (χ1) is 8.62. The van der Waals surface area contributed by atoms with Gasteiger partial charge in [0.25, 0.3) is 0 Å². The van der Waals surface area contributed by atoms with Gasteiger partial charge in [0, 0.05) is 19.6 Å². The number of hydrogen-bond acceptors (Lipinski definition) is 3. The molecule has 18 heavy (non-hydrogen) atoms. The van der Waals surface area contributed by atoms with Gasteiger partial charge in [-0.2, -0.15) is 0 Å². The third-order valence-electron chi connectivity index (χ3n) is 4.11. The predicted octanol–water partition coefficient (Wildman–Crippen LogP) is 1.32. The topological polar surface area (TPSA) is 75.6 Å². The van der Waals surface area contributed by atoms with Gasteiger partial charge in [0.2, 0.25) is 5.91 Å². The van der Waals surface area contributed by atoms with Crippen molar-refractivity contribution in [1.29, 1.82) is 0 Å². The quantitative estimate of drug-likeness (QED) is 0.750. The zero-order valence-corrected chi connectivity index (χ0v) is 10.6. The number of aliphatic carboxylic acids is 1. The Labute approximate surface area is 107 Å². The lowest BCUT2D eigenvalue weighted by Gasteiger charge is -2.37. The Hall–Kier alpha value is -1.10. The van der Waals surface area contributed by atoms with Gasteiger partial charge in [-0.25, -0.2) is 0 Å². The van der Waals surface area contributed by atoms with Crippen LogP contribution in [0.25, 0.3) is 0 Å². The van der Waals surface area contributed by atoms with Gasteiger partial charge in [-0.1, -0.05) is 6.42 Å². The van der Waals surface area contributed by atoms with E-state index in [-0.39, 0.29) is 18.6 Å². The Kier molecular flexibility index (Phi) is 4.22. The first-order valence-electron chi connectivity index (χ1n) is 6.74. The summed E-state index contributed by atoms with van der Waals surface area (Å²) in [5.74, 6) is -0.841. The highest BCUT2D eigenvalue weighted by Gasteiger charge is 2.44. The maximum atomic E-state index is 11.6. The zero-order valence-electron chi connectivity index (χ0n) is 10.6. The summed E-state index contributed by atoms with van der Waals surface area (Å²) in [6.07, 6.45) is 5.79. The van der Waals surface area contributed by atoms with Crippen molar-refractivity contribution in [2.75, 3.05) is 13.2 Å².